The molecule has 0 aliphatic carbocycles. The average molecular weight is 479 g/mol. The molecule has 1 amide bonds. The molecule has 0 fully saturated rings. The number of nitrogens with one attached hydrogen (secondary N) is 1. The molecule has 0 unspecified atom stereocenters. The quantitative estimate of drug-likeness (QED) is 0.280. The van der Waals surface area contributed by atoms with Gasteiger partial charge in [-0.3, -0.25) is 9.59 Å². The summed E-state index contributed by atoms with van der Waals surface area (Å²) in [6.07, 6.45) is 5.40. The number of aromatic amines is 1. The van der Waals surface area contributed by atoms with E-state index in [0.717, 1.165) is 25.1 Å². The van der Waals surface area contributed by atoms with E-state index in [1.165, 1.54) is 6.20 Å². The van der Waals surface area contributed by atoms with E-state index < -0.39 is 34.5 Å². The zero-order chi connectivity index (χ0) is 25.1. The van der Waals surface area contributed by atoms with Crippen molar-refractivity contribution in [1.82, 2.24) is 19.9 Å². The van der Waals surface area contributed by atoms with Crippen molar-refractivity contribution in [2.45, 2.75) is 6.42 Å². The number of nitrogens with zero attached hydrogens (tertiary/aromatic N) is 3. The summed E-state index contributed by atoms with van der Waals surface area (Å²) < 4.78 is 34.8. The number of primary amides is 1. The summed E-state index contributed by atoms with van der Waals surface area (Å²) in [6, 6.07) is 6.96. The first-order valence-corrected chi connectivity index (χ1v) is 10.8. The number of hydrogen-bond acceptors (Lipinski definition) is 6. The van der Waals surface area contributed by atoms with Gasteiger partial charge in [0.15, 0.2) is 0 Å². The van der Waals surface area contributed by atoms with E-state index in [0.29, 0.717) is 34.6 Å². The molecule has 0 spiro atoms. The van der Waals surface area contributed by atoms with E-state index in [2.05, 4.69) is 19.9 Å². The molecule has 180 valence electrons. The molecule has 35 heavy (non-hydrogen) atoms. The Morgan fingerprint density at radius 3 is 2.51 bits per heavy atom. The fourth-order valence-electron chi connectivity index (χ4n) is 3.63. The van der Waals surface area contributed by atoms with Crippen LogP contribution in [0.1, 0.15) is 32.7 Å². The van der Waals surface area contributed by atoms with Crippen molar-refractivity contribution < 1.29 is 23.1 Å². The Bertz CT molecular complexity index is 1400. The molecule has 3 heterocycles. The molecule has 0 bridgehead atoms. The number of ketones is 1. The zero-order valence-corrected chi connectivity index (χ0v) is 19.1. The van der Waals surface area contributed by atoms with Crippen molar-refractivity contribution in [3.63, 3.8) is 0 Å². The summed E-state index contributed by atoms with van der Waals surface area (Å²) in [5.41, 5.74) is 5.44. The fraction of sp³-hybridized carbons (Fsp3) is 0.200. The molecule has 0 saturated heterocycles. The van der Waals surface area contributed by atoms with Crippen molar-refractivity contribution in [3.8, 4) is 17.0 Å². The SMILES string of the molecule is CN(C)CCCOc1ccc(-c2cnc3[nH]cc(C(=O)c4c(F)ccc(C(N)=O)c4F)c3c2)cn1. The maximum absolute atomic E-state index is 14.7. The Morgan fingerprint density at radius 2 is 1.83 bits per heavy atom. The molecule has 4 aromatic rings. The topological polar surface area (TPSA) is 114 Å². The van der Waals surface area contributed by atoms with Crippen molar-refractivity contribution in [1.29, 1.82) is 0 Å². The molecular formula is C25H23F2N5O3. The molecule has 4 rings (SSSR count). The van der Waals surface area contributed by atoms with Gasteiger partial charge < -0.3 is 20.4 Å². The number of carbonyl (C=O) groups excluding carboxylic acids is 2. The summed E-state index contributed by atoms with van der Waals surface area (Å²) in [4.78, 5) is 38.1. The van der Waals surface area contributed by atoms with E-state index >= 15 is 0 Å². The number of hydrogen-bond donors (Lipinski definition) is 2. The highest BCUT2D eigenvalue weighted by atomic mass is 19.1. The van der Waals surface area contributed by atoms with Crippen molar-refractivity contribution >= 4 is 22.7 Å². The van der Waals surface area contributed by atoms with Crippen LogP contribution >= 0.6 is 0 Å². The summed E-state index contributed by atoms with van der Waals surface area (Å²) in [5.74, 6) is -3.95. The number of fused-ring (bicyclic) bond motifs is 1. The fourth-order valence-corrected chi connectivity index (χ4v) is 3.63. The predicted octanol–water partition coefficient (Wildman–Crippen LogP) is 3.56. The van der Waals surface area contributed by atoms with Crippen LogP contribution in [0.25, 0.3) is 22.2 Å². The first-order chi connectivity index (χ1) is 16.8. The lowest BCUT2D eigenvalue weighted by Gasteiger charge is -2.10. The Balaban J connectivity index is 1.62. The molecule has 0 saturated carbocycles. The summed E-state index contributed by atoms with van der Waals surface area (Å²) in [7, 11) is 3.99. The van der Waals surface area contributed by atoms with Crippen LogP contribution in [0.4, 0.5) is 8.78 Å². The lowest BCUT2D eigenvalue weighted by Crippen LogP contribution is -2.17. The van der Waals surface area contributed by atoms with Gasteiger partial charge in [0.2, 0.25) is 11.7 Å². The molecule has 10 heteroatoms. The van der Waals surface area contributed by atoms with Crippen LogP contribution in [0.5, 0.6) is 5.88 Å². The van der Waals surface area contributed by atoms with Crippen molar-refractivity contribution in [3.05, 3.63) is 77.2 Å². The summed E-state index contributed by atoms with van der Waals surface area (Å²) in [6.45, 7) is 1.44. The number of nitrogens with two attached hydrogens (primary N) is 1. The molecule has 0 radical (unpaired) electrons. The van der Waals surface area contributed by atoms with Gasteiger partial charge >= 0.3 is 0 Å². The maximum Gasteiger partial charge on any atom is 0.251 e. The summed E-state index contributed by atoms with van der Waals surface area (Å²) in [5, 5.41) is 0.361. The third-order valence-corrected chi connectivity index (χ3v) is 5.43. The van der Waals surface area contributed by atoms with Gasteiger partial charge in [0.25, 0.3) is 5.91 Å². The third kappa shape index (κ3) is 5.02. The van der Waals surface area contributed by atoms with E-state index in [9.17, 15) is 18.4 Å². The van der Waals surface area contributed by atoms with Gasteiger partial charge in [-0.1, -0.05) is 0 Å². The van der Waals surface area contributed by atoms with Gasteiger partial charge in [0, 0.05) is 53.3 Å². The molecule has 1 aromatic carbocycles. The second-order valence-electron chi connectivity index (χ2n) is 8.19. The minimum atomic E-state index is -1.30. The average Bonchev–Trinajstić information content (AvgIpc) is 3.25. The number of H-pyrrole nitrogens is 1. The number of amides is 1. The number of halogens is 2. The predicted molar refractivity (Wildman–Crippen MR) is 126 cm³/mol. The molecule has 3 aromatic heterocycles. The van der Waals surface area contributed by atoms with Gasteiger partial charge in [-0.15, -0.1) is 0 Å². The highest BCUT2D eigenvalue weighted by Crippen LogP contribution is 2.28. The highest BCUT2D eigenvalue weighted by molar-refractivity contribution is 6.17. The van der Waals surface area contributed by atoms with E-state index in [1.807, 2.05) is 14.1 Å². The zero-order valence-electron chi connectivity index (χ0n) is 19.1. The Morgan fingerprint density at radius 1 is 1.06 bits per heavy atom. The molecule has 3 N–H and O–H groups in total. The number of pyridine rings is 2. The first-order valence-electron chi connectivity index (χ1n) is 10.8. The van der Waals surface area contributed by atoms with Crippen LogP contribution in [-0.4, -0.2) is 58.8 Å². The van der Waals surface area contributed by atoms with Gasteiger partial charge in [-0.25, -0.2) is 18.7 Å². The Labute approximate surface area is 199 Å². The van der Waals surface area contributed by atoms with Crippen LogP contribution in [-0.2, 0) is 0 Å². The van der Waals surface area contributed by atoms with Crippen LogP contribution in [0, 0.1) is 11.6 Å². The molecule has 0 aliphatic rings. The minimum Gasteiger partial charge on any atom is -0.478 e. The van der Waals surface area contributed by atoms with Gasteiger partial charge in [-0.05, 0) is 44.8 Å². The molecule has 0 atom stereocenters. The van der Waals surface area contributed by atoms with Crippen molar-refractivity contribution in [2.24, 2.45) is 5.73 Å². The molecular weight excluding hydrogens is 456 g/mol. The number of aromatic nitrogens is 3. The summed E-state index contributed by atoms with van der Waals surface area (Å²) >= 11 is 0. The second-order valence-corrected chi connectivity index (χ2v) is 8.19. The lowest BCUT2D eigenvalue weighted by molar-refractivity contribution is 0.0996. The van der Waals surface area contributed by atoms with Crippen LogP contribution in [0.3, 0.4) is 0 Å². The van der Waals surface area contributed by atoms with Gasteiger partial charge in [-0.2, -0.15) is 0 Å². The van der Waals surface area contributed by atoms with Gasteiger partial charge in [0.05, 0.1) is 17.7 Å². The van der Waals surface area contributed by atoms with E-state index in [4.69, 9.17) is 10.5 Å². The smallest absolute Gasteiger partial charge is 0.251 e. The lowest BCUT2D eigenvalue weighted by atomic mass is 9.98. The molecule has 0 aliphatic heterocycles. The highest BCUT2D eigenvalue weighted by Gasteiger charge is 2.26. The number of ether oxygens (including phenoxy) is 1. The normalized spacial score (nSPS) is 11.2. The largest absolute Gasteiger partial charge is 0.478 e. The number of rotatable bonds is 9. The Hall–Kier alpha value is -4.18. The second kappa shape index (κ2) is 9.98. The van der Waals surface area contributed by atoms with E-state index in [1.54, 1.807) is 30.6 Å². The van der Waals surface area contributed by atoms with E-state index in [-0.39, 0.29) is 5.56 Å². The first kappa shape index (κ1) is 24.0. The van der Waals surface area contributed by atoms with Gasteiger partial charge in [0.1, 0.15) is 17.3 Å². The minimum absolute atomic E-state index is 0.00238. The molecule has 8 nitrogen and oxygen atoms in total. The monoisotopic (exact) mass is 479 g/mol. The maximum atomic E-state index is 14.7. The van der Waals surface area contributed by atoms with Crippen LogP contribution < -0.4 is 10.5 Å². The Kier molecular flexibility index (Phi) is 6.83. The third-order valence-electron chi connectivity index (χ3n) is 5.43. The van der Waals surface area contributed by atoms with Crippen molar-refractivity contribution in [2.75, 3.05) is 27.2 Å². The number of benzene rings is 1. The van der Waals surface area contributed by atoms with Crippen LogP contribution in [0.2, 0.25) is 0 Å². The van der Waals surface area contributed by atoms with Crippen LogP contribution in [0.15, 0.2) is 48.9 Å². The number of carbonyl (C=O) groups is 2. The standard InChI is InChI=1S/C25H23F2N5O3/c1-32(2)8-3-9-35-20-7-4-14(11-29-20)15-10-17-18(13-31-25(17)30-12-15)23(33)21-19(26)6-5-16(22(21)27)24(28)34/h4-7,10-13H,3,8-9H2,1-2H3,(H2,28,34)(H,30,31).